The molecule has 0 N–H and O–H groups in total. The summed E-state index contributed by atoms with van der Waals surface area (Å²) in [6.07, 6.45) is 5.43. The quantitative estimate of drug-likeness (QED) is 0.219. The van der Waals surface area contributed by atoms with Crippen LogP contribution in [0.2, 0.25) is 0 Å². The number of nitrogens with zero attached hydrogens (tertiary/aromatic N) is 2. The zero-order valence-electron chi connectivity index (χ0n) is 17.4. The monoisotopic (exact) mass is 518 g/mol. The van der Waals surface area contributed by atoms with Crippen LogP contribution in [-0.4, -0.2) is 9.13 Å². The van der Waals surface area contributed by atoms with Crippen molar-refractivity contribution in [2.45, 2.75) is 27.1 Å². The molecule has 3 aromatic carbocycles. The first-order chi connectivity index (χ1) is 14.6. The second-order valence-electron chi connectivity index (χ2n) is 7.47. The summed E-state index contributed by atoms with van der Waals surface area (Å²) in [4.78, 5) is 0. The molecule has 0 radical (unpaired) electrons. The molecule has 30 heavy (non-hydrogen) atoms. The molecule has 0 saturated carbocycles. The Bertz CT molecular complexity index is 1150. The molecule has 5 heteroatoms. The van der Waals surface area contributed by atoms with Crippen LogP contribution in [0.3, 0.4) is 0 Å². The summed E-state index contributed by atoms with van der Waals surface area (Å²) in [6, 6.07) is 26.4. The third-order valence-electron chi connectivity index (χ3n) is 5.20. The van der Waals surface area contributed by atoms with Crippen LogP contribution in [0.4, 0.5) is 0 Å². The molecule has 0 atom stereocenters. The zero-order chi connectivity index (χ0) is 21.1. The van der Waals surface area contributed by atoms with Gasteiger partial charge in [0, 0.05) is 0 Å². The van der Waals surface area contributed by atoms with Crippen molar-refractivity contribution in [2.24, 2.45) is 0 Å². The summed E-state index contributed by atoms with van der Waals surface area (Å²) in [5.41, 5.74) is 5.24. The Kier molecular flexibility index (Phi) is 6.90. The normalized spacial score (nSPS) is 12.2. The van der Waals surface area contributed by atoms with E-state index in [0.29, 0.717) is 12.7 Å². The van der Waals surface area contributed by atoms with Crippen LogP contribution in [0.15, 0.2) is 85.2 Å². The average molecular weight is 519 g/mol. The molecular formula is C25H25BrMnN2P. The molecule has 0 unspecified atom stereocenters. The van der Waals surface area contributed by atoms with E-state index in [1.54, 1.807) is 0 Å². The van der Waals surface area contributed by atoms with Crippen LogP contribution in [0.5, 0.6) is 0 Å². The van der Waals surface area contributed by atoms with Gasteiger partial charge in [-0.15, -0.1) is 0 Å². The van der Waals surface area contributed by atoms with Gasteiger partial charge in [0.05, 0.1) is 0 Å². The predicted molar refractivity (Wildman–Crippen MR) is 129 cm³/mol. The van der Waals surface area contributed by atoms with E-state index in [4.69, 9.17) is 0 Å². The SMILES string of the molecule is Cc1cc(C)c(-n2ccn(CP(c3ccccc3)c3ccccc3)[c]2=[Mn][Br])c(C)c1. The second-order valence-corrected chi connectivity index (χ2v) is 11.6. The number of imidazole rings is 1. The van der Waals surface area contributed by atoms with Gasteiger partial charge in [0.2, 0.25) is 0 Å². The number of halogens is 1. The third kappa shape index (κ3) is 4.48. The van der Waals surface area contributed by atoms with Crippen LogP contribution in [0, 0.1) is 25.1 Å². The molecule has 0 saturated heterocycles. The van der Waals surface area contributed by atoms with Crippen molar-refractivity contribution in [3.8, 4) is 5.69 Å². The third-order valence-corrected chi connectivity index (χ3v) is 9.56. The summed E-state index contributed by atoms with van der Waals surface area (Å²) in [7, 11) is -0.491. The van der Waals surface area contributed by atoms with E-state index >= 15 is 0 Å². The molecule has 2 nitrogen and oxygen atoms in total. The first-order valence-corrected chi connectivity index (χ1v) is 14.9. The Morgan fingerprint density at radius 2 is 1.33 bits per heavy atom. The summed E-state index contributed by atoms with van der Waals surface area (Å²) in [5.74, 6) is 0. The number of hydrogen-bond acceptors (Lipinski definition) is 0. The van der Waals surface area contributed by atoms with E-state index in [1.165, 1.54) is 37.3 Å². The van der Waals surface area contributed by atoms with Gasteiger partial charge >= 0.3 is 193 Å². The molecule has 0 amide bonds. The molecule has 4 rings (SSSR count). The molecular weight excluding hydrogens is 494 g/mol. The Morgan fingerprint density at radius 1 is 0.800 bits per heavy atom. The Labute approximate surface area is 192 Å². The van der Waals surface area contributed by atoms with Gasteiger partial charge in [-0.2, -0.15) is 0 Å². The molecule has 1 aromatic heterocycles. The van der Waals surface area contributed by atoms with Gasteiger partial charge in [-0.25, -0.2) is 0 Å². The van der Waals surface area contributed by atoms with E-state index in [2.05, 4.69) is 129 Å². The first-order valence-electron chi connectivity index (χ1n) is 9.91. The van der Waals surface area contributed by atoms with Crippen molar-refractivity contribution in [2.75, 3.05) is 0 Å². The van der Waals surface area contributed by atoms with E-state index in [1.807, 2.05) is 0 Å². The van der Waals surface area contributed by atoms with Crippen molar-refractivity contribution in [3.63, 3.8) is 0 Å². The zero-order valence-corrected chi connectivity index (χ0v) is 21.0. The fourth-order valence-corrected chi connectivity index (χ4v) is 8.29. The molecule has 0 aliphatic carbocycles. The van der Waals surface area contributed by atoms with Crippen LogP contribution in [0.1, 0.15) is 16.7 Å². The molecule has 0 aliphatic rings. The first kappa shape index (κ1) is 21.5. The van der Waals surface area contributed by atoms with Crippen molar-refractivity contribution < 1.29 is 12.7 Å². The van der Waals surface area contributed by atoms with Crippen LogP contribution in [-0.2, 0) is 19.0 Å². The molecule has 154 valence electrons. The predicted octanol–water partition coefficient (Wildman–Crippen LogP) is 6.22. The fraction of sp³-hybridized carbons (Fsp3) is 0.160. The van der Waals surface area contributed by atoms with E-state index in [9.17, 15) is 0 Å². The number of aromatic nitrogens is 2. The molecule has 0 bridgehead atoms. The van der Waals surface area contributed by atoms with Gasteiger partial charge in [0.15, 0.2) is 0 Å². The number of hydrogen-bond donors (Lipinski definition) is 0. The van der Waals surface area contributed by atoms with Crippen molar-refractivity contribution >= 4 is 32.6 Å². The minimum absolute atomic E-state index is 0.491. The maximum atomic E-state index is 3.80. The van der Waals surface area contributed by atoms with Gasteiger partial charge in [0.25, 0.3) is 0 Å². The molecule has 0 fully saturated rings. The summed E-state index contributed by atoms with van der Waals surface area (Å²) in [6.45, 7) is 6.59. The van der Waals surface area contributed by atoms with Crippen LogP contribution >= 0.6 is 22.0 Å². The summed E-state index contributed by atoms with van der Waals surface area (Å²) >= 11 is 4.30. The Morgan fingerprint density at radius 3 is 1.83 bits per heavy atom. The number of benzene rings is 3. The summed E-state index contributed by atoms with van der Waals surface area (Å²) < 4.78 is 6.09. The standard InChI is InChI=1S/C25H25N2P.BrH.Mn/c1-20-16-21(2)25(22(3)17-20)27-15-14-26(18-27)19-28(23-10-6-4-7-11-23)24-12-8-5-9-13-24;;/h4-17H,19H2,1-3H3;1H;/q;;+1/p-1. The van der Waals surface area contributed by atoms with Gasteiger partial charge in [-0.05, 0) is 0 Å². The maximum absolute atomic E-state index is 3.80. The molecule has 0 aliphatic heterocycles. The van der Waals surface area contributed by atoms with Gasteiger partial charge in [-0.1, -0.05) is 0 Å². The molecule has 1 heterocycles. The van der Waals surface area contributed by atoms with E-state index in [-0.39, 0.29) is 0 Å². The Hall–Kier alpha value is -1.70. The van der Waals surface area contributed by atoms with Crippen LogP contribution < -0.4 is 10.6 Å². The number of rotatable bonds is 5. The topological polar surface area (TPSA) is 9.86 Å². The minimum atomic E-state index is -0.491. The Balaban J connectivity index is 1.80. The fourth-order valence-electron chi connectivity index (χ4n) is 3.99. The van der Waals surface area contributed by atoms with Crippen molar-refractivity contribution in [1.29, 1.82) is 0 Å². The molecule has 0 spiro atoms. The van der Waals surface area contributed by atoms with Gasteiger partial charge < -0.3 is 0 Å². The van der Waals surface area contributed by atoms with Crippen molar-refractivity contribution in [3.05, 3.63) is 106 Å². The van der Waals surface area contributed by atoms with E-state index in [0.717, 1.165) is 6.29 Å². The molecule has 4 aromatic rings. The summed E-state index contributed by atoms with van der Waals surface area (Å²) in [5, 5.41) is 2.82. The van der Waals surface area contributed by atoms with Crippen molar-refractivity contribution in [1.82, 2.24) is 9.13 Å². The second kappa shape index (κ2) is 9.62. The van der Waals surface area contributed by atoms with Gasteiger partial charge in [-0.3, -0.25) is 0 Å². The van der Waals surface area contributed by atoms with Gasteiger partial charge in [0.1, 0.15) is 0 Å². The van der Waals surface area contributed by atoms with E-state index < -0.39 is 7.92 Å². The number of aryl methyl sites for hydroxylation is 3. The average Bonchev–Trinajstić information content (AvgIpc) is 3.14. The van der Waals surface area contributed by atoms with Crippen LogP contribution in [0.25, 0.3) is 5.69 Å².